The van der Waals surface area contributed by atoms with Crippen LogP contribution in [0.25, 0.3) is 10.9 Å². The van der Waals surface area contributed by atoms with Crippen LogP contribution in [0.2, 0.25) is 0 Å². The highest BCUT2D eigenvalue weighted by molar-refractivity contribution is 6.06. The predicted molar refractivity (Wildman–Crippen MR) is 134 cm³/mol. The van der Waals surface area contributed by atoms with Gasteiger partial charge in [0.15, 0.2) is 0 Å². The molecule has 0 aliphatic carbocycles. The van der Waals surface area contributed by atoms with Gasteiger partial charge in [0.25, 0.3) is 5.91 Å². The lowest BCUT2D eigenvalue weighted by molar-refractivity contribution is 0.0161. The zero-order chi connectivity index (χ0) is 24.0. The molecule has 2 aliphatic rings. The standard InChI is InChI=1S/C26H32N6O3/c1-2-24-27-16-19(17-28-24)23(31-8-12-34-13-9-31)18-29-26(33)21-4-3-5-22-20(21)6-7-25(30-22)32-10-14-35-15-11-32/h3-7,16-17,23H,2,8-15,18H2,1H3,(H,29,33). The van der Waals surface area contributed by atoms with Crippen molar-refractivity contribution in [1.82, 2.24) is 25.2 Å². The van der Waals surface area contributed by atoms with Crippen molar-refractivity contribution < 1.29 is 14.3 Å². The van der Waals surface area contributed by atoms with Crippen LogP contribution in [0.5, 0.6) is 0 Å². The van der Waals surface area contributed by atoms with Crippen molar-refractivity contribution in [1.29, 1.82) is 0 Å². The summed E-state index contributed by atoms with van der Waals surface area (Å²) in [7, 11) is 0. The summed E-state index contributed by atoms with van der Waals surface area (Å²) in [6.45, 7) is 8.53. The summed E-state index contributed by atoms with van der Waals surface area (Å²) in [6, 6.07) is 9.68. The van der Waals surface area contributed by atoms with Gasteiger partial charge in [-0.15, -0.1) is 0 Å². The Balaban J connectivity index is 1.34. The van der Waals surface area contributed by atoms with Crippen LogP contribution < -0.4 is 10.2 Å². The minimum Gasteiger partial charge on any atom is -0.379 e. The van der Waals surface area contributed by atoms with Gasteiger partial charge in [0, 0.05) is 68.1 Å². The molecule has 184 valence electrons. The van der Waals surface area contributed by atoms with Crippen LogP contribution in [0.3, 0.4) is 0 Å². The van der Waals surface area contributed by atoms with Crippen molar-refractivity contribution in [2.24, 2.45) is 0 Å². The van der Waals surface area contributed by atoms with Crippen molar-refractivity contribution in [3.8, 4) is 0 Å². The highest BCUT2D eigenvalue weighted by Crippen LogP contribution is 2.24. The molecule has 0 spiro atoms. The Morgan fingerprint density at radius 2 is 1.71 bits per heavy atom. The number of morpholine rings is 2. The Hall–Kier alpha value is -3.14. The first-order valence-electron chi connectivity index (χ1n) is 12.4. The number of benzene rings is 1. The van der Waals surface area contributed by atoms with Gasteiger partial charge in [-0.1, -0.05) is 13.0 Å². The first kappa shape index (κ1) is 23.6. The molecule has 2 fully saturated rings. The Labute approximate surface area is 205 Å². The van der Waals surface area contributed by atoms with E-state index in [2.05, 4.69) is 25.1 Å². The van der Waals surface area contributed by atoms with E-state index in [0.717, 1.165) is 60.7 Å². The lowest BCUT2D eigenvalue weighted by Crippen LogP contribution is -2.44. The highest BCUT2D eigenvalue weighted by atomic mass is 16.5. The number of hydrogen-bond acceptors (Lipinski definition) is 8. The summed E-state index contributed by atoms with van der Waals surface area (Å²) in [6.07, 6.45) is 4.56. The summed E-state index contributed by atoms with van der Waals surface area (Å²) in [5.41, 5.74) is 2.44. The van der Waals surface area contributed by atoms with Crippen molar-refractivity contribution in [2.75, 3.05) is 64.1 Å². The smallest absolute Gasteiger partial charge is 0.252 e. The van der Waals surface area contributed by atoms with Gasteiger partial charge in [-0.2, -0.15) is 0 Å². The van der Waals surface area contributed by atoms with E-state index < -0.39 is 0 Å². The van der Waals surface area contributed by atoms with Gasteiger partial charge in [0.1, 0.15) is 11.6 Å². The number of aromatic nitrogens is 3. The summed E-state index contributed by atoms with van der Waals surface area (Å²) in [4.78, 5) is 31.7. The maximum atomic E-state index is 13.3. The summed E-state index contributed by atoms with van der Waals surface area (Å²) < 4.78 is 11.0. The van der Waals surface area contributed by atoms with Crippen molar-refractivity contribution in [2.45, 2.75) is 19.4 Å². The Kier molecular flexibility index (Phi) is 7.46. The molecule has 0 bridgehead atoms. The lowest BCUT2D eigenvalue weighted by Gasteiger charge is -2.34. The zero-order valence-corrected chi connectivity index (χ0v) is 20.2. The average Bonchev–Trinajstić information content (AvgIpc) is 2.94. The van der Waals surface area contributed by atoms with E-state index >= 15 is 0 Å². The molecule has 3 aromatic rings. The largest absolute Gasteiger partial charge is 0.379 e. The monoisotopic (exact) mass is 476 g/mol. The summed E-state index contributed by atoms with van der Waals surface area (Å²) in [5, 5.41) is 4.01. The van der Waals surface area contributed by atoms with Crippen molar-refractivity contribution >= 4 is 22.6 Å². The molecule has 9 nitrogen and oxygen atoms in total. The van der Waals surface area contributed by atoms with E-state index in [-0.39, 0.29) is 11.9 Å². The number of nitrogens with one attached hydrogen (secondary N) is 1. The predicted octanol–water partition coefficient (Wildman–Crippen LogP) is 2.23. The van der Waals surface area contributed by atoms with Crippen molar-refractivity contribution in [3.63, 3.8) is 0 Å². The number of pyridine rings is 1. The first-order chi connectivity index (χ1) is 17.2. The van der Waals surface area contributed by atoms with E-state index in [9.17, 15) is 4.79 Å². The molecule has 5 rings (SSSR count). The summed E-state index contributed by atoms with van der Waals surface area (Å²) >= 11 is 0. The van der Waals surface area contributed by atoms with Crippen LogP contribution in [0.4, 0.5) is 5.82 Å². The second kappa shape index (κ2) is 11.1. The molecule has 1 amide bonds. The van der Waals surface area contributed by atoms with E-state index in [1.807, 2.05) is 49.6 Å². The maximum Gasteiger partial charge on any atom is 0.252 e. The minimum absolute atomic E-state index is 0.0187. The van der Waals surface area contributed by atoms with Gasteiger partial charge in [0.2, 0.25) is 0 Å². The van der Waals surface area contributed by atoms with Gasteiger partial charge in [0.05, 0.1) is 38.0 Å². The fourth-order valence-electron chi connectivity index (χ4n) is 4.66. The third-order valence-corrected chi connectivity index (χ3v) is 6.67. The van der Waals surface area contributed by atoms with Gasteiger partial charge in [-0.3, -0.25) is 9.69 Å². The van der Waals surface area contributed by atoms with E-state index in [1.165, 1.54) is 0 Å². The number of nitrogens with zero attached hydrogens (tertiary/aromatic N) is 5. The Bertz CT molecular complexity index is 1140. The molecule has 2 aromatic heterocycles. The van der Waals surface area contributed by atoms with Crippen LogP contribution in [0, 0.1) is 0 Å². The average molecular weight is 477 g/mol. The number of aryl methyl sites for hydroxylation is 1. The van der Waals surface area contributed by atoms with Crippen LogP contribution in [0.1, 0.15) is 34.7 Å². The number of ether oxygens (including phenoxy) is 2. The molecule has 1 unspecified atom stereocenters. The van der Waals surface area contributed by atoms with Gasteiger partial charge >= 0.3 is 0 Å². The number of fused-ring (bicyclic) bond motifs is 1. The molecule has 0 saturated carbocycles. The second-order valence-electron chi connectivity index (χ2n) is 8.80. The van der Waals surface area contributed by atoms with E-state index in [1.54, 1.807) is 0 Å². The zero-order valence-electron chi connectivity index (χ0n) is 20.2. The maximum absolute atomic E-state index is 13.3. The van der Waals surface area contributed by atoms with Crippen LogP contribution in [0.15, 0.2) is 42.7 Å². The number of amides is 1. The quantitative estimate of drug-likeness (QED) is 0.555. The molecule has 35 heavy (non-hydrogen) atoms. The van der Waals surface area contributed by atoms with Gasteiger partial charge < -0.3 is 19.7 Å². The number of hydrogen-bond donors (Lipinski definition) is 1. The molecule has 4 heterocycles. The van der Waals surface area contributed by atoms with Crippen LogP contribution >= 0.6 is 0 Å². The number of carbonyl (C=O) groups is 1. The SMILES string of the molecule is CCc1ncc(C(CNC(=O)c2cccc3nc(N4CCOCC4)ccc23)N2CCOCC2)cn1. The van der Waals surface area contributed by atoms with Crippen molar-refractivity contribution in [3.05, 3.63) is 59.7 Å². The molecular weight excluding hydrogens is 444 g/mol. The molecule has 1 atom stereocenters. The highest BCUT2D eigenvalue weighted by Gasteiger charge is 2.24. The van der Waals surface area contributed by atoms with E-state index in [4.69, 9.17) is 14.5 Å². The molecule has 2 saturated heterocycles. The molecule has 2 aliphatic heterocycles. The molecule has 9 heteroatoms. The Morgan fingerprint density at radius 1 is 1.00 bits per heavy atom. The topological polar surface area (TPSA) is 92.7 Å². The van der Waals surface area contributed by atoms with Crippen LogP contribution in [-0.2, 0) is 15.9 Å². The molecule has 1 aromatic carbocycles. The fourth-order valence-corrected chi connectivity index (χ4v) is 4.66. The fraction of sp³-hybridized carbons (Fsp3) is 0.462. The number of rotatable bonds is 7. The third kappa shape index (κ3) is 5.42. The first-order valence-corrected chi connectivity index (χ1v) is 12.4. The molecule has 0 radical (unpaired) electrons. The number of anilines is 1. The second-order valence-corrected chi connectivity index (χ2v) is 8.80. The number of carbonyl (C=O) groups excluding carboxylic acids is 1. The lowest BCUT2D eigenvalue weighted by atomic mass is 10.1. The normalized spacial score (nSPS) is 17.9. The molecular formula is C26H32N6O3. The van der Waals surface area contributed by atoms with Crippen LogP contribution in [-0.4, -0.2) is 84.9 Å². The Morgan fingerprint density at radius 3 is 2.43 bits per heavy atom. The summed E-state index contributed by atoms with van der Waals surface area (Å²) in [5.74, 6) is 1.63. The third-order valence-electron chi connectivity index (χ3n) is 6.67. The van der Waals surface area contributed by atoms with Gasteiger partial charge in [-0.05, 0) is 24.3 Å². The minimum atomic E-state index is -0.110. The molecule has 1 N–H and O–H groups in total. The van der Waals surface area contributed by atoms with E-state index in [0.29, 0.717) is 38.5 Å². The van der Waals surface area contributed by atoms with Gasteiger partial charge in [-0.25, -0.2) is 15.0 Å².